The lowest BCUT2D eigenvalue weighted by molar-refractivity contribution is 0.956. The molecule has 1 aromatic rings. The monoisotopic (exact) mass is 121 g/mol. The highest BCUT2D eigenvalue weighted by molar-refractivity contribution is 5.08. The quantitative estimate of drug-likeness (QED) is 0.591. The van der Waals surface area contributed by atoms with Gasteiger partial charge in [0.25, 0.3) is 0 Å². The number of hydrogen-bond donors (Lipinski definition) is 0. The van der Waals surface area contributed by atoms with Crippen molar-refractivity contribution in [3.63, 3.8) is 0 Å². The van der Waals surface area contributed by atoms with Crippen LogP contribution in [0.5, 0.6) is 0 Å². The summed E-state index contributed by atoms with van der Waals surface area (Å²) in [6, 6.07) is 3.82. The molecule has 1 rings (SSSR count). The molecular weight excluding hydrogens is 112 g/mol. The van der Waals surface area contributed by atoms with Crippen LogP contribution >= 0.6 is 0 Å². The fourth-order valence-corrected chi connectivity index (χ4v) is 0.631. The van der Waals surface area contributed by atoms with Crippen molar-refractivity contribution in [3.05, 3.63) is 30.4 Å². The minimum Gasteiger partial charge on any atom is -0.159 e. The van der Waals surface area contributed by atoms with Gasteiger partial charge < -0.3 is 0 Å². The molecule has 0 saturated carbocycles. The van der Waals surface area contributed by atoms with E-state index < -0.39 is 0 Å². The van der Waals surface area contributed by atoms with E-state index in [9.17, 15) is 0 Å². The Morgan fingerprint density at radius 3 is 3.11 bits per heavy atom. The van der Waals surface area contributed by atoms with Gasteiger partial charge in [0, 0.05) is 12.6 Å². The lowest BCUT2D eigenvalue weighted by Crippen LogP contribution is -1.86. The molecule has 0 atom stereocenters. The van der Waals surface area contributed by atoms with Gasteiger partial charge in [-0.1, -0.05) is 6.92 Å². The molecule has 0 fully saturated rings. The average molecular weight is 121 g/mol. The standard InChI is InChI=1S/C7H9N2/c1-2-4-7-5-3-6-8-9-7/h3-6H,2H2,1H3. The summed E-state index contributed by atoms with van der Waals surface area (Å²) in [6.45, 7) is 2.08. The van der Waals surface area contributed by atoms with Gasteiger partial charge in [0.05, 0.1) is 5.69 Å². The summed E-state index contributed by atoms with van der Waals surface area (Å²) >= 11 is 0. The van der Waals surface area contributed by atoms with E-state index in [0.29, 0.717) is 0 Å². The molecule has 0 unspecified atom stereocenters. The van der Waals surface area contributed by atoms with Crippen LogP contribution in [0.2, 0.25) is 0 Å². The molecule has 9 heavy (non-hydrogen) atoms. The van der Waals surface area contributed by atoms with E-state index in [-0.39, 0.29) is 0 Å². The normalized spacial score (nSPS) is 9.44. The molecule has 0 aliphatic rings. The van der Waals surface area contributed by atoms with Crippen molar-refractivity contribution in [3.8, 4) is 0 Å². The van der Waals surface area contributed by atoms with Crippen molar-refractivity contribution < 1.29 is 0 Å². The Kier molecular flexibility index (Phi) is 2.19. The first-order valence-electron chi connectivity index (χ1n) is 3.04. The van der Waals surface area contributed by atoms with E-state index in [1.54, 1.807) is 6.20 Å². The van der Waals surface area contributed by atoms with Crippen LogP contribution < -0.4 is 0 Å². The average Bonchev–Trinajstić information content (AvgIpc) is 1.91. The summed E-state index contributed by atoms with van der Waals surface area (Å²) in [6.07, 6.45) is 4.72. The molecular formula is C7H9N2. The fraction of sp³-hybridized carbons (Fsp3) is 0.286. The molecule has 2 nitrogen and oxygen atoms in total. The Labute approximate surface area is 54.9 Å². The molecule has 0 spiro atoms. The van der Waals surface area contributed by atoms with Crippen LogP contribution in [0, 0.1) is 6.42 Å². The number of rotatable bonds is 2. The lowest BCUT2D eigenvalue weighted by atomic mass is 10.2. The summed E-state index contributed by atoms with van der Waals surface area (Å²) < 4.78 is 0. The second-order valence-corrected chi connectivity index (χ2v) is 1.76. The van der Waals surface area contributed by atoms with Gasteiger partial charge >= 0.3 is 0 Å². The molecule has 1 heterocycles. The van der Waals surface area contributed by atoms with Gasteiger partial charge in [0.1, 0.15) is 0 Å². The highest BCUT2D eigenvalue weighted by Gasteiger charge is 1.88. The van der Waals surface area contributed by atoms with Gasteiger partial charge in [-0.15, -0.1) is 0 Å². The van der Waals surface area contributed by atoms with Crippen LogP contribution in [-0.4, -0.2) is 10.2 Å². The van der Waals surface area contributed by atoms with E-state index in [1.165, 1.54) is 0 Å². The van der Waals surface area contributed by atoms with Crippen LogP contribution in [0.15, 0.2) is 18.3 Å². The molecule has 0 N–H and O–H groups in total. The van der Waals surface area contributed by atoms with E-state index in [0.717, 1.165) is 12.1 Å². The molecule has 0 amide bonds. The van der Waals surface area contributed by atoms with Crippen molar-refractivity contribution in [1.29, 1.82) is 0 Å². The van der Waals surface area contributed by atoms with Gasteiger partial charge in [-0.05, 0) is 18.6 Å². The Balaban J connectivity index is 2.61. The molecule has 1 aromatic heterocycles. The lowest BCUT2D eigenvalue weighted by Gasteiger charge is -1.90. The first-order chi connectivity index (χ1) is 4.43. The van der Waals surface area contributed by atoms with E-state index >= 15 is 0 Å². The molecule has 1 radical (unpaired) electrons. The fourth-order valence-electron chi connectivity index (χ4n) is 0.631. The third-order valence-corrected chi connectivity index (χ3v) is 1.01. The first-order valence-corrected chi connectivity index (χ1v) is 3.04. The predicted octanol–water partition coefficient (Wildman–Crippen LogP) is 1.44. The molecule has 0 aliphatic heterocycles. The number of nitrogens with zero attached hydrogens (tertiary/aromatic N) is 2. The Hall–Kier alpha value is -0.920. The molecule has 0 aliphatic carbocycles. The maximum absolute atomic E-state index is 3.86. The van der Waals surface area contributed by atoms with Crippen molar-refractivity contribution in [2.75, 3.05) is 0 Å². The molecule has 0 bridgehead atoms. The van der Waals surface area contributed by atoms with Crippen LogP contribution in [0.3, 0.4) is 0 Å². The molecule has 0 saturated heterocycles. The minimum atomic E-state index is 0.958. The highest BCUT2D eigenvalue weighted by atomic mass is 15.1. The third kappa shape index (κ3) is 1.80. The zero-order valence-electron chi connectivity index (χ0n) is 5.41. The van der Waals surface area contributed by atoms with Gasteiger partial charge in [-0.25, -0.2) is 0 Å². The van der Waals surface area contributed by atoms with Crippen LogP contribution in [0.1, 0.15) is 19.0 Å². The number of hydrogen-bond acceptors (Lipinski definition) is 2. The zero-order valence-corrected chi connectivity index (χ0v) is 5.41. The smallest absolute Gasteiger partial charge is 0.0668 e. The minimum absolute atomic E-state index is 0.958. The van der Waals surface area contributed by atoms with E-state index in [2.05, 4.69) is 17.1 Å². The third-order valence-electron chi connectivity index (χ3n) is 1.01. The Bertz CT molecular complexity index is 160. The van der Waals surface area contributed by atoms with Gasteiger partial charge in [-0.3, -0.25) is 0 Å². The second-order valence-electron chi connectivity index (χ2n) is 1.76. The summed E-state index contributed by atoms with van der Waals surface area (Å²) in [4.78, 5) is 0. The summed E-state index contributed by atoms with van der Waals surface area (Å²) in [5.74, 6) is 0. The summed E-state index contributed by atoms with van der Waals surface area (Å²) in [7, 11) is 0. The van der Waals surface area contributed by atoms with Crippen molar-refractivity contribution in [2.24, 2.45) is 0 Å². The van der Waals surface area contributed by atoms with Crippen LogP contribution in [0.25, 0.3) is 0 Å². The second kappa shape index (κ2) is 3.17. The maximum Gasteiger partial charge on any atom is 0.0668 e. The summed E-state index contributed by atoms with van der Waals surface area (Å²) in [5.41, 5.74) is 0.958. The topological polar surface area (TPSA) is 25.8 Å². The summed E-state index contributed by atoms with van der Waals surface area (Å²) in [5, 5.41) is 7.58. The van der Waals surface area contributed by atoms with Gasteiger partial charge in [0.15, 0.2) is 0 Å². The Morgan fingerprint density at radius 2 is 2.56 bits per heavy atom. The Morgan fingerprint density at radius 1 is 1.67 bits per heavy atom. The van der Waals surface area contributed by atoms with Crippen molar-refractivity contribution in [2.45, 2.75) is 13.3 Å². The van der Waals surface area contributed by atoms with Crippen LogP contribution in [0.4, 0.5) is 0 Å². The van der Waals surface area contributed by atoms with Crippen molar-refractivity contribution in [1.82, 2.24) is 10.2 Å². The van der Waals surface area contributed by atoms with Gasteiger partial charge in [-0.2, -0.15) is 10.2 Å². The van der Waals surface area contributed by atoms with E-state index in [4.69, 9.17) is 0 Å². The predicted molar refractivity (Wildman–Crippen MR) is 35.7 cm³/mol. The van der Waals surface area contributed by atoms with Crippen molar-refractivity contribution >= 4 is 0 Å². The molecule has 47 valence electrons. The first kappa shape index (κ1) is 6.20. The highest BCUT2D eigenvalue weighted by Crippen LogP contribution is 1.97. The molecule has 0 aromatic carbocycles. The zero-order chi connectivity index (χ0) is 6.53. The molecule has 2 heteroatoms. The SMILES string of the molecule is CC[CH]c1cccnn1. The van der Waals surface area contributed by atoms with Crippen LogP contribution in [-0.2, 0) is 0 Å². The van der Waals surface area contributed by atoms with Gasteiger partial charge in [0.2, 0.25) is 0 Å². The number of aromatic nitrogens is 2. The largest absolute Gasteiger partial charge is 0.159 e. The maximum atomic E-state index is 3.86. The van der Waals surface area contributed by atoms with E-state index in [1.807, 2.05) is 18.6 Å².